The molecule has 0 radical (unpaired) electrons. The van der Waals surface area contributed by atoms with Crippen molar-refractivity contribution >= 4 is 15.9 Å². The average Bonchev–Trinajstić information content (AvgIpc) is 2.83. The molecule has 0 unspecified atom stereocenters. The number of aromatic amines is 1. The molecule has 0 atom stereocenters. The quantitative estimate of drug-likeness (QED) is 0.581. The Labute approximate surface area is 194 Å². The van der Waals surface area contributed by atoms with E-state index in [1.165, 1.54) is 4.90 Å². The molecule has 3 aromatic rings. The van der Waals surface area contributed by atoms with Gasteiger partial charge < -0.3 is 9.88 Å². The van der Waals surface area contributed by atoms with Gasteiger partial charge in [0.05, 0.1) is 11.3 Å². The third kappa shape index (κ3) is 4.73. The lowest BCUT2D eigenvalue weighted by molar-refractivity contribution is -0.131. The number of halogens is 2. The zero-order valence-electron chi connectivity index (χ0n) is 18.2. The number of carbonyl (C=O) groups excluding carboxylic acids is 1. The number of aryl methyl sites for hydroxylation is 1. The van der Waals surface area contributed by atoms with Gasteiger partial charge in [0.1, 0.15) is 5.82 Å². The highest BCUT2D eigenvalue weighted by Crippen LogP contribution is 2.20. The van der Waals surface area contributed by atoms with Gasteiger partial charge in [0.15, 0.2) is 11.6 Å². The highest BCUT2D eigenvalue weighted by molar-refractivity contribution is 7.89. The van der Waals surface area contributed by atoms with E-state index < -0.39 is 27.2 Å². The molecule has 0 saturated carbocycles. The van der Waals surface area contributed by atoms with Crippen molar-refractivity contribution in [3.05, 3.63) is 76.0 Å². The van der Waals surface area contributed by atoms with E-state index >= 15 is 0 Å². The molecule has 1 saturated heterocycles. The van der Waals surface area contributed by atoms with E-state index in [2.05, 4.69) is 15.0 Å². The minimum absolute atomic E-state index is 0.0133. The summed E-state index contributed by atoms with van der Waals surface area (Å²) < 4.78 is 53.2. The second-order valence-electron chi connectivity index (χ2n) is 7.76. The van der Waals surface area contributed by atoms with E-state index in [1.54, 1.807) is 31.5 Å². The topological polar surface area (TPSA) is 116 Å². The van der Waals surface area contributed by atoms with E-state index in [4.69, 9.17) is 0 Å². The van der Waals surface area contributed by atoms with Gasteiger partial charge in [0.2, 0.25) is 15.9 Å². The molecule has 34 heavy (non-hydrogen) atoms. The Morgan fingerprint density at radius 1 is 1.12 bits per heavy atom. The van der Waals surface area contributed by atoms with Crippen LogP contribution in [-0.4, -0.2) is 64.7 Å². The van der Waals surface area contributed by atoms with Crippen LogP contribution in [0.1, 0.15) is 11.3 Å². The third-order valence-corrected chi connectivity index (χ3v) is 7.50. The molecule has 3 heterocycles. The van der Waals surface area contributed by atoms with E-state index in [1.807, 2.05) is 0 Å². The van der Waals surface area contributed by atoms with Gasteiger partial charge in [-0.05, 0) is 37.3 Å². The van der Waals surface area contributed by atoms with Gasteiger partial charge >= 0.3 is 0 Å². The Bertz CT molecular complexity index is 1390. The lowest BCUT2D eigenvalue weighted by atomic mass is 10.1. The molecule has 0 spiro atoms. The minimum atomic E-state index is -4.04. The van der Waals surface area contributed by atoms with Gasteiger partial charge in [-0.2, -0.15) is 4.31 Å². The Morgan fingerprint density at radius 2 is 1.85 bits per heavy atom. The number of hydrogen-bond acceptors (Lipinski definition) is 6. The molecule has 0 aliphatic carbocycles. The number of nitrogens with zero attached hydrogens (tertiary/aromatic N) is 4. The van der Waals surface area contributed by atoms with Gasteiger partial charge in [0, 0.05) is 55.4 Å². The molecular weight excluding hydrogens is 468 g/mol. The second-order valence-corrected chi connectivity index (χ2v) is 9.70. The summed E-state index contributed by atoms with van der Waals surface area (Å²) >= 11 is 0. The number of sulfonamides is 1. The van der Waals surface area contributed by atoms with Crippen molar-refractivity contribution in [2.75, 3.05) is 26.2 Å². The zero-order chi connectivity index (χ0) is 24.5. The van der Waals surface area contributed by atoms with Crippen LogP contribution in [0.2, 0.25) is 0 Å². The van der Waals surface area contributed by atoms with Gasteiger partial charge in [-0.1, -0.05) is 0 Å². The van der Waals surface area contributed by atoms with Crippen molar-refractivity contribution in [3.8, 4) is 11.4 Å². The molecule has 9 nitrogen and oxygen atoms in total. The molecule has 1 N–H and O–H groups in total. The van der Waals surface area contributed by atoms with Crippen molar-refractivity contribution in [1.82, 2.24) is 24.2 Å². The number of rotatable bonds is 5. The molecule has 1 aliphatic rings. The molecule has 1 fully saturated rings. The van der Waals surface area contributed by atoms with Gasteiger partial charge in [-0.25, -0.2) is 22.2 Å². The maximum atomic E-state index is 13.5. The number of pyridine rings is 1. The first kappa shape index (κ1) is 23.6. The molecule has 12 heteroatoms. The third-order valence-electron chi connectivity index (χ3n) is 5.61. The number of carbonyl (C=O) groups is 1. The van der Waals surface area contributed by atoms with Crippen LogP contribution in [0.25, 0.3) is 11.4 Å². The summed E-state index contributed by atoms with van der Waals surface area (Å²) in [6, 6.07) is 5.87. The Kier molecular flexibility index (Phi) is 6.53. The van der Waals surface area contributed by atoms with Gasteiger partial charge in [-0.3, -0.25) is 14.6 Å². The maximum Gasteiger partial charge on any atom is 0.255 e. The van der Waals surface area contributed by atoms with Crippen LogP contribution in [0.4, 0.5) is 8.78 Å². The molecule has 2 aromatic heterocycles. The summed E-state index contributed by atoms with van der Waals surface area (Å²) in [6.07, 6.45) is 2.98. The monoisotopic (exact) mass is 489 g/mol. The molecule has 1 amide bonds. The number of amides is 1. The Hall–Kier alpha value is -3.51. The summed E-state index contributed by atoms with van der Waals surface area (Å²) in [4.78, 5) is 37.6. The molecule has 4 rings (SSSR count). The van der Waals surface area contributed by atoms with Crippen molar-refractivity contribution in [2.45, 2.75) is 18.2 Å². The fourth-order valence-corrected chi connectivity index (χ4v) is 5.12. The number of piperazine rings is 1. The van der Waals surface area contributed by atoms with Crippen LogP contribution in [0.5, 0.6) is 0 Å². The fourth-order valence-electron chi connectivity index (χ4n) is 3.69. The summed E-state index contributed by atoms with van der Waals surface area (Å²) in [5.41, 5.74) is 0.850. The average molecular weight is 490 g/mol. The minimum Gasteiger partial charge on any atom is -0.340 e. The van der Waals surface area contributed by atoms with Crippen LogP contribution >= 0.6 is 0 Å². The highest BCUT2D eigenvalue weighted by atomic mass is 32.2. The number of nitrogens with one attached hydrogen (secondary N) is 1. The zero-order valence-corrected chi connectivity index (χ0v) is 19.0. The van der Waals surface area contributed by atoms with Crippen LogP contribution in [0, 0.1) is 18.6 Å². The molecule has 1 aromatic carbocycles. The van der Waals surface area contributed by atoms with E-state index in [-0.39, 0.29) is 49.0 Å². The molecule has 178 valence electrons. The van der Waals surface area contributed by atoms with Crippen molar-refractivity contribution < 1.29 is 22.0 Å². The molecular formula is C22H21F2N5O4S. The summed E-state index contributed by atoms with van der Waals surface area (Å²) in [7, 11) is -4.04. The summed E-state index contributed by atoms with van der Waals surface area (Å²) in [5.74, 6) is -2.38. The summed E-state index contributed by atoms with van der Waals surface area (Å²) in [6.45, 7) is 1.81. The smallest absolute Gasteiger partial charge is 0.255 e. The molecule has 1 aliphatic heterocycles. The van der Waals surface area contributed by atoms with E-state index in [0.717, 1.165) is 16.4 Å². The molecule has 0 bridgehead atoms. The van der Waals surface area contributed by atoms with Crippen LogP contribution < -0.4 is 5.56 Å². The number of hydrogen-bond donors (Lipinski definition) is 1. The fraction of sp³-hybridized carbons (Fsp3) is 0.273. The Balaban J connectivity index is 1.43. The van der Waals surface area contributed by atoms with E-state index in [0.29, 0.717) is 23.1 Å². The van der Waals surface area contributed by atoms with Crippen LogP contribution in [0.3, 0.4) is 0 Å². The maximum absolute atomic E-state index is 13.5. The first-order valence-corrected chi connectivity index (χ1v) is 11.8. The SMILES string of the molecule is Cc1nc(-c2cccnc2)[nH]c(=O)c1CC(=O)N1CCN(S(=O)(=O)c2ccc(F)c(F)c2)CC1. The van der Waals surface area contributed by atoms with Gasteiger partial charge in [-0.15, -0.1) is 0 Å². The predicted octanol–water partition coefficient (Wildman–Crippen LogP) is 1.49. The number of aromatic nitrogens is 3. The normalized spacial score (nSPS) is 14.9. The lowest BCUT2D eigenvalue weighted by Gasteiger charge is -2.34. The van der Waals surface area contributed by atoms with Gasteiger partial charge in [0.25, 0.3) is 5.56 Å². The van der Waals surface area contributed by atoms with Crippen LogP contribution in [0.15, 0.2) is 52.4 Å². The number of H-pyrrole nitrogens is 1. The Morgan fingerprint density at radius 3 is 2.47 bits per heavy atom. The standard InChI is InChI=1S/C22H21F2N5O4S/c1-14-17(22(31)27-21(26-14)15-3-2-6-25-13-15)12-20(30)28-7-9-29(10-8-28)34(32,33)16-4-5-18(23)19(24)11-16/h2-6,11,13H,7-10,12H2,1H3,(H,26,27,31). The lowest BCUT2D eigenvalue weighted by Crippen LogP contribution is -2.51. The first-order chi connectivity index (χ1) is 16.2. The second kappa shape index (κ2) is 9.39. The number of benzene rings is 1. The summed E-state index contributed by atoms with van der Waals surface area (Å²) in [5, 5.41) is 0. The van der Waals surface area contributed by atoms with Crippen LogP contribution in [-0.2, 0) is 21.2 Å². The van der Waals surface area contributed by atoms with E-state index in [9.17, 15) is 26.8 Å². The highest BCUT2D eigenvalue weighted by Gasteiger charge is 2.31. The van der Waals surface area contributed by atoms with Crippen molar-refractivity contribution in [1.29, 1.82) is 0 Å². The largest absolute Gasteiger partial charge is 0.340 e. The first-order valence-electron chi connectivity index (χ1n) is 10.4. The van der Waals surface area contributed by atoms with Crippen molar-refractivity contribution in [3.63, 3.8) is 0 Å². The van der Waals surface area contributed by atoms with Crippen molar-refractivity contribution in [2.24, 2.45) is 0 Å². The predicted molar refractivity (Wildman–Crippen MR) is 118 cm³/mol.